The molecule has 10 heteroatoms. The van der Waals surface area contributed by atoms with Crippen LogP contribution in [-0.4, -0.2) is 63.9 Å². The van der Waals surface area contributed by atoms with Crippen molar-refractivity contribution in [1.82, 2.24) is 19.4 Å². The van der Waals surface area contributed by atoms with Gasteiger partial charge in [0.2, 0.25) is 5.91 Å². The molecule has 0 radical (unpaired) electrons. The Morgan fingerprint density at radius 1 is 1.27 bits per heavy atom. The lowest BCUT2D eigenvalue weighted by molar-refractivity contribution is -0.113. The summed E-state index contributed by atoms with van der Waals surface area (Å²) in [5.41, 5.74) is 2.94. The number of aryl methyl sites for hydroxylation is 1. The normalized spacial score (nSPS) is 16.6. The summed E-state index contributed by atoms with van der Waals surface area (Å²) in [7, 11) is 0. The van der Waals surface area contributed by atoms with Gasteiger partial charge in [-0.1, -0.05) is 11.8 Å². The van der Waals surface area contributed by atoms with Crippen LogP contribution in [0.15, 0.2) is 15.2 Å². The minimum Gasteiger partial charge on any atom is -0.379 e. The van der Waals surface area contributed by atoms with Crippen LogP contribution >= 0.6 is 23.1 Å². The van der Waals surface area contributed by atoms with Crippen LogP contribution in [0.1, 0.15) is 29.8 Å². The van der Waals surface area contributed by atoms with Crippen LogP contribution in [0.25, 0.3) is 0 Å². The Balaban J connectivity index is 1.37. The van der Waals surface area contributed by atoms with E-state index in [0.29, 0.717) is 16.7 Å². The third-order valence-electron chi connectivity index (χ3n) is 5.37. The number of thioether (sulfide) groups is 1. The zero-order chi connectivity index (χ0) is 20.9. The van der Waals surface area contributed by atoms with Gasteiger partial charge in [-0.2, -0.15) is 4.98 Å². The molecule has 30 heavy (non-hydrogen) atoms. The van der Waals surface area contributed by atoms with Gasteiger partial charge in [-0.3, -0.25) is 14.3 Å². The zero-order valence-corrected chi connectivity index (χ0v) is 18.8. The molecule has 1 saturated heterocycles. The van der Waals surface area contributed by atoms with E-state index in [9.17, 15) is 9.59 Å². The molecule has 1 aliphatic carbocycles. The number of nitrogens with zero attached hydrogens (tertiary/aromatic N) is 4. The highest BCUT2D eigenvalue weighted by atomic mass is 32.2. The minimum absolute atomic E-state index is 0.127. The summed E-state index contributed by atoms with van der Waals surface area (Å²) in [6.07, 6.45) is 3.78. The Morgan fingerprint density at radius 3 is 2.87 bits per heavy atom. The zero-order valence-electron chi connectivity index (χ0n) is 17.2. The first-order valence-corrected chi connectivity index (χ1v) is 12.2. The van der Waals surface area contributed by atoms with Gasteiger partial charge in [0.05, 0.1) is 24.7 Å². The molecule has 0 spiro atoms. The topological polar surface area (TPSA) is 89.4 Å². The Morgan fingerprint density at radius 2 is 2.10 bits per heavy atom. The molecule has 0 unspecified atom stereocenters. The molecule has 4 rings (SSSR count). The summed E-state index contributed by atoms with van der Waals surface area (Å²) < 4.78 is 7.24. The molecule has 1 amide bonds. The van der Waals surface area contributed by atoms with Crippen molar-refractivity contribution in [2.24, 2.45) is 0 Å². The fraction of sp³-hybridized carbons (Fsp3) is 0.600. The maximum absolute atomic E-state index is 12.7. The number of fused-ring (bicyclic) bond motifs is 1. The van der Waals surface area contributed by atoms with Crippen molar-refractivity contribution in [1.29, 1.82) is 0 Å². The average molecular weight is 450 g/mol. The predicted molar refractivity (Wildman–Crippen MR) is 119 cm³/mol. The van der Waals surface area contributed by atoms with E-state index < -0.39 is 0 Å². The molecule has 0 atom stereocenters. The summed E-state index contributed by atoms with van der Waals surface area (Å²) in [6.45, 7) is 7.06. The summed E-state index contributed by atoms with van der Waals surface area (Å²) in [6, 6.07) is 0. The van der Waals surface area contributed by atoms with Crippen molar-refractivity contribution in [3.8, 4) is 0 Å². The minimum atomic E-state index is -0.198. The van der Waals surface area contributed by atoms with E-state index in [1.54, 1.807) is 0 Å². The lowest BCUT2D eigenvalue weighted by Gasteiger charge is -2.26. The maximum atomic E-state index is 12.7. The molecule has 2 aromatic rings. The van der Waals surface area contributed by atoms with Gasteiger partial charge in [0, 0.05) is 42.8 Å². The van der Waals surface area contributed by atoms with E-state index in [1.807, 2.05) is 16.9 Å². The van der Waals surface area contributed by atoms with Crippen molar-refractivity contribution >= 4 is 34.1 Å². The van der Waals surface area contributed by atoms with E-state index in [4.69, 9.17) is 4.74 Å². The van der Waals surface area contributed by atoms with Crippen molar-refractivity contribution in [2.75, 3.05) is 43.9 Å². The number of nitrogens with one attached hydrogen (secondary N) is 1. The molecular formula is C20H27N5O3S2. The lowest BCUT2D eigenvalue weighted by Crippen LogP contribution is -2.37. The second-order valence-corrected chi connectivity index (χ2v) is 9.39. The lowest BCUT2D eigenvalue weighted by atomic mass is 10.2. The molecule has 1 fully saturated rings. The summed E-state index contributed by atoms with van der Waals surface area (Å²) in [4.78, 5) is 35.9. The Hall–Kier alpha value is -1.75. The summed E-state index contributed by atoms with van der Waals surface area (Å²) in [5.74, 6) is 0.0936. The van der Waals surface area contributed by atoms with Gasteiger partial charge in [-0.25, -0.2) is 9.78 Å². The molecule has 3 heterocycles. The van der Waals surface area contributed by atoms with E-state index in [2.05, 4.69) is 20.2 Å². The van der Waals surface area contributed by atoms with Gasteiger partial charge in [0.25, 0.3) is 0 Å². The van der Waals surface area contributed by atoms with Crippen LogP contribution < -0.4 is 11.0 Å². The van der Waals surface area contributed by atoms with Gasteiger partial charge < -0.3 is 10.1 Å². The number of carbonyl (C=O) groups excluding carboxylic acids is 1. The van der Waals surface area contributed by atoms with Crippen LogP contribution in [-0.2, 0) is 28.9 Å². The number of rotatable bonds is 8. The number of ether oxygens (including phenoxy) is 1. The summed E-state index contributed by atoms with van der Waals surface area (Å²) in [5, 5.41) is 6.02. The first-order chi connectivity index (χ1) is 14.6. The molecule has 162 valence electrons. The first-order valence-electron chi connectivity index (χ1n) is 10.4. The molecule has 1 aliphatic heterocycles. The molecule has 8 nitrogen and oxygen atoms in total. The smallest absolute Gasteiger partial charge is 0.348 e. The molecule has 0 saturated carbocycles. The number of aromatic nitrogens is 3. The molecule has 0 aromatic carbocycles. The predicted octanol–water partition coefficient (Wildman–Crippen LogP) is 1.95. The maximum Gasteiger partial charge on any atom is 0.348 e. The van der Waals surface area contributed by atoms with Crippen molar-refractivity contribution in [3.05, 3.63) is 32.8 Å². The second-order valence-electron chi connectivity index (χ2n) is 7.57. The Bertz CT molecular complexity index is 952. The van der Waals surface area contributed by atoms with Gasteiger partial charge in [-0.15, -0.1) is 11.3 Å². The second kappa shape index (κ2) is 10.0. The highest BCUT2D eigenvalue weighted by molar-refractivity contribution is 8.00. The summed E-state index contributed by atoms with van der Waals surface area (Å²) >= 11 is 2.76. The SMILES string of the molecule is Cc1csc(NC(=O)CSc2nc(=O)n(CCCN3CCOCC3)c3c2CCC3)n1. The van der Waals surface area contributed by atoms with E-state index >= 15 is 0 Å². The third kappa shape index (κ3) is 5.29. The number of carbonyl (C=O) groups is 1. The number of hydrogen-bond acceptors (Lipinski definition) is 8. The van der Waals surface area contributed by atoms with E-state index in [0.717, 1.165) is 75.5 Å². The fourth-order valence-corrected chi connectivity index (χ4v) is 5.50. The van der Waals surface area contributed by atoms with Crippen LogP contribution in [0, 0.1) is 6.92 Å². The first kappa shape index (κ1) is 21.5. The Labute approximate surface area is 184 Å². The quantitative estimate of drug-likeness (QED) is 0.487. The number of hydrogen-bond donors (Lipinski definition) is 1. The van der Waals surface area contributed by atoms with Gasteiger partial charge in [0.1, 0.15) is 5.03 Å². The van der Waals surface area contributed by atoms with Crippen molar-refractivity contribution in [2.45, 2.75) is 44.2 Å². The number of morpholine rings is 1. The van der Waals surface area contributed by atoms with E-state index in [1.165, 1.54) is 23.1 Å². The standard InChI is InChI=1S/C20H27N5O3S2/c1-14-12-30-19(21-14)22-17(26)13-29-18-15-4-2-5-16(15)25(20(27)23-18)7-3-6-24-8-10-28-11-9-24/h12H,2-11,13H2,1H3,(H,21,22,26). The third-order valence-corrected chi connectivity index (χ3v) is 7.26. The number of amides is 1. The fourth-order valence-electron chi connectivity index (χ4n) is 3.91. The van der Waals surface area contributed by atoms with Crippen molar-refractivity contribution < 1.29 is 9.53 Å². The van der Waals surface area contributed by atoms with Crippen LogP contribution in [0.3, 0.4) is 0 Å². The van der Waals surface area contributed by atoms with Crippen LogP contribution in [0.4, 0.5) is 5.13 Å². The van der Waals surface area contributed by atoms with Crippen molar-refractivity contribution in [3.63, 3.8) is 0 Å². The number of thiazole rings is 1. The molecule has 2 aromatic heterocycles. The number of anilines is 1. The Kier molecular flexibility index (Phi) is 7.19. The van der Waals surface area contributed by atoms with Gasteiger partial charge in [0.15, 0.2) is 5.13 Å². The molecule has 0 bridgehead atoms. The van der Waals surface area contributed by atoms with E-state index in [-0.39, 0.29) is 17.3 Å². The van der Waals surface area contributed by atoms with Gasteiger partial charge >= 0.3 is 5.69 Å². The highest BCUT2D eigenvalue weighted by Crippen LogP contribution is 2.29. The van der Waals surface area contributed by atoms with Crippen LogP contribution in [0.2, 0.25) is 0 Å². The molecular weight excluding hydrogens is 422 g/mol. The molecule has 2 aliphatic rings. The molecule has 1 N–H and O–H groups in total. The van der Waals surface area contributed by atoms with Gasteiger partial charge in [-0.05, 0) is 32.6 Å². The van der Waals surface area contributed by atoms with Crippen LogP contribution in [0.5, 0.6) is 0 Å². The average Bonchev–Trinajstić information content (AvgIpc) is 3.38. The largest absolute Gasteiger partial charge is 0.379 e. The monoisotopic (exact) mass is 449 g/mol. The highest BCUT2D eigenvalue weighted by Gasteiger charge is 2.22.